The van der Waals surface area contributed by atoms with Gasteiger partial charge in [0.05, 0.1) is 0 Å². The molecule has 9 heteroatoms. The lowest BCUT2D eigenvalue weighted by Crippen LogP contribution is -2.42. The van der Waals surface area contributed by atoms with Crippen LogP contribution in [-0.4, -0.2) is 54.7 Å². The van der Waals surface area contributed by atoms with Gasteiger partial charge in [-0.1, -0.05) is 11.6 Å². The van der Waals surface area contributed by atoms with E-state index in [9.17, 15) is 9.59 Å². The minimum absolute atomic E-state index is 0.175. The highest BCUT2D eigenvalue weighted by Crippen LogP contribution is 2.16. The van der Waals surface area contributed by atoms with Crippen LogP contribution in [0.5, 0.6) is 0 Å². The molecule has 8 nitrogen and oxygen atoms in total. The Labute approximate surface area is 137 Å². The predicted octanol–water partition coefficient (Wildman–Crippen LogP) is 1.32. The number of hydrogen-bond donors (Lipinski definition) is 1. The summed E-state index contributed by atoms with van der Waals surface area (Å²) in [6.07, 6.45) is 0. The third-order valence-electron chi connectivity index (χ3n) is 3.08. The van der Waals surface area contributed by atoms with Gasteiger partial charge in [-0.05, 0) is 43.3 Å². The molecule has 0 aliphatic rings. The van der Waals surface area contributed by atoms with Gasteiger partial charge >= 0.3 is 5.97 Å². The number of nitrogens with zero attached hydrogens (tertiary/aromatic N) is 5. The zero-order valence-electron chi connectivity index (χ0n) is 12.7. The Hall–Kier alpha value is -2.48. The molecular formula is C14H16ClN5O3. The second kappa shape index (κ2) is 7.19. The summed E-state index contributed by atoms with van der Waals surface area (Å²) in [6, 6.07) is 6.66. The van der Waals surface area contributed by atoms with E-state index in [1.165, 1.54) is 4.90 Å². The largest absolute Gasteiger partial charge is 0.480 e. The van der Waals surface area contributed by atoms with E-state index in [4.69, 9.17) is 16.7 Å². The molecule has 0 spiro atoms. The summed E-state index contributed by atoms with van der Waals surface area (Å²) >= 11 is 5.82. The molecule has 0 radical (unpaired) electrons. The summed E-state index contributed by atoms with van der Waals surface area (Å²) in [6.45, 7) is 2.95. The first-order chi connectivity index (χ1) is 10.9. The standard InChI is InChI=1S/C14H16ClN5O3/c1-9(2)19(8-13(22)23)12(21)7-20-17-14(16-18-20)10-3-5-11(15)6-4-10/h3-6,9H,7-8H2,1-2H3,(H,22,23). The Balaban J connectivity index is 2.10. The maximum absolute atomic E-state index is 12.2. The van der Waals surface area contributed by atoms with Gasteiger partial charge in [-0.25, -0.2) is 0 Å². The van der Waals surface area contributed by atoms with Crippen molar-refractivity contribution in [2.75, 3.05) is 6.54 Å². The molecule has 2 rings (SSSR count). The topological polar surface area (TPSA) is 101 Å². The zero-order valence-corrected chi connectivity index (χ0v) is 13.4. The highest BCUT2D eigenvalue weighted by molar-refractivity contribution is 6.30. The van der Waals surface area contributed by atoms with E-state index in [0.717, 1.165) is 10.4 Å². The Morgan fingerprint density at radius 1 is 1.30 bits per heavy atom. The number of carbonyl (C=O) groups excluding carboxylic acids is 1. The van der Waals surface area contributed by atoms with Gasteiger partial charge in [-0.2, -0.15) is 4.80 Å². The molecule has 1 aromatic carbocycles. The Kier molecular flexibility index (Phi) is 5.28. The molecule has 0 aliphatic heterocycles. The van der Waals surface area contributed by atoms with E-state index in [1.807, 2.05) is 0 Å². The van der Waals surface area contributed by atoms with Crippen LogP contribution in [-0.2, 0) is 16.1 Å². The van der Waals surface area contributed by atoms with E-state index in [-0.39, 0.29) is 25.0 Å². The van der Waals surface area contributed by atoms with Gasteiger partial charge in [0.25, 0.3) is 0 Å². The molecule has 0 saturated carbocycles. The first kappa shape index (κ1) is 16.9. The van der Waals surface area contributed by atoms with Crippen molar-refractivity contribution in [3.8, 4) is 11.4 Å². The number of aliphatic carboxylic acids is 1. The first-order valence-corrected chi connectivity index (χ1v) is 7.29. The summed E-state index contributed by atoms with van der Waals surface area (Å²) in [5.41, 5.74) is 0.722. The lowest BCUT2D eigenvalue weighted by molar-refractivity contribution is -0.146. The Morgan fingerprint density at radius 2 is 1.96 bits per heavy atom. The Bertz CT molecular complexity index is 699. The van der Waals surface area contributed by atoms with Gasteiger partial charge in [0.2, 0.25) is 11.7 Å². The molecule has 1 aromatic heterocycles. The van der Waals surface area contributed by atoms with Crippen LogP contribution in [0.2, 0.25) is 5.02 Å². The molecule has 0 aliphatic carbocycles. The van der Waals surface area contributed by atoms with E-state index in [2.05, 4.69) is 15.4 Å². The number of hydrogen-bond acceptors (Lipinski definition) is 5. The average molecular weight is 338 g/mol. The number of carboxylic acid groups (broad SMARTS) is 1. The van der Waals surface area contributed by atoms with Crippen molar-refractivity contribution in [2.24, 2.45) is 0 Å². The van der Waals surface area contributed by atoms with Gasteiger partial charge in [0, 0.05) is 16.6 Å². The fourth-order valence-electron chi connectivity index (χ4n) is 1.94. The number of amides is 1. The molecule has 1 N–H and O–H groups in total. The van der Waals surface area contributed by atoms with E-state index < -0.39 is 5.97 Å². The molecule has 23 heavy (non-hydrogen) atoms. The SMILES string of the molecule is CC(C)N(CC(=O)O)C(=O)Cn1nnc(-c2ccc(Cl)cc2)n1. The van der Waals surface area contributed by atoms with Crippen molar-refractivity contribution in [3.05, 3.63) is 29.3 Å². The molecular weight excluding hydrogens is 322 g/mol. The number of benzene rings is 1. The van der Waals surface area contributed by atoms with Crippen LogP contribution in [0.4, 0.5) is 0 Å². The fourth-order valence-corrected chi connectivity index (χ4v) is 2.07. The predicted molar refractivity (Wildman–Crippen MR) is 82.7 cm³/mol. The molecule has 1 amide bonds. The van der Waals surface area contributed by atoms with Crippen LogP contribution in [0.3, 0.4) is 0 Å². The van der Waals surface area contributed by atoms with Crippen molar-refractivity contribution < 1.29 is 14.7 Å². The van der Waals surface area contributed by atoms with Crippen LogP contribution in [0.15, 0.2) is 24.3 Å². The van der Waals surface area contributed by atoms with Crippen LogP contribution in [0.25, 0.3) is 11.4 Å². The number of tetrazole rings is 1. The monoisotopic (exact) mass is 337 g/mol. The molecule has 122 valence electrons. The van der Waals surface area contributed by atoms with Gasteiger partial charge in [0.1, 0.15) is 13.1 Å². The minimum atomic E-state index is -1.07. The lowest BCUT2D eigenvalue weighted by atomic mass is 10.2. The summed E-state index contributed by atoms with van der Waals surface area (Å²) < 4.78 is 0. The third-order valence-corrected chi connectivity index (χ3v) is 3.33. The van der Waals surface area contributed by atoms with Crippen molar-refractivity contribution in [3.63, 3.8) is 0 Å². The third kappa shape index (κ3) is 4.49. The number of halogens is 1. The molecule has 0 atom stereocenters. The van der Waals surface area contributed by atoms with Crippen LogP contribution in [0, 0.1) is 0 Å². The van der Waals surface area contributed by atoms with Crippen LogP contribution >= 0.6 is 11.6 Å². The van der Waals surface area contributed by atoms with Gasteiger partial charge < -0.3 is 10.0 Å². The fraction of sp³-hybridized carbons (Fsp3) is 0.357. The average Bonchev–Trinajstić information content (AvgIpc) is 2.93. The van der Waals surface area contributed by atoms with E-state index >= 15 is 0 Å². The molecule has 0 saturated heterocycles. The van der Waals surface area contributed by atoms with Crippen molar-refractivity contribution >= 4 is 23.5 Å². The van der Waals surface area contributed by atoms with Gasteiger partial charge in [0.15, 0.2) is 0 Å². The molecule has 0 unspecified atom stereocenters. The highest BCUT2D eigenvalue weighted by atomic mass is 35.5. The summed E-state index contributed by atoms with van der Waals surface area (Å²) in [4.78, 5) is 25.4. The van der Waals surface area contributed by atoms with Crippen molar-refractivity contribution in [1.29, 1.82) is 0 Å². The maximum Gasteiger partial charge on any atom is 0.323 e. The normalized spacial score (nSPS) is 10.8. The van der Waals surface area contributed by atoms with Gasteiger partial charge in [-0.3, -0.25) is 9.59 Å². The second-order valence-electron chi connectivity index (χ2n) is 5.16. The molecule has 2 aromatic rings. The maximum atomic E-state index is 12.2. The number of carboxylic acids is 1. The molecule has 0 fully saturated rings. The van der Waals surface area contributed by atoms with Crippen LogP contribution < -0.4 is 0 Å². The number of carbonyl (C=O) groups is 2. The molecule has 0 bridgehead atoms. The molecule has 1 heterocycles. The number of aromatic nitrogens is 4. The van der Waals surface area contributed by atoms with Crippen molar-refractivity contribution in [2.45, 2.75) is 26.4 Å². The quantitative estimate of drug-likeness (QED) is 0.853. The lowest BCUT2D eigenvalue weighted by Gasteiger charge is -2.24. The first-order valence-electron chi connectivity index (χ1n) is 6.92. The Morgan fingerprint density at radius 3 is 2.52 bits per heavy atom. The van der Waals surface area contributed by atoms with E-state index in [0.29, 0.717) is 10.8 Å². The van der Waals surface area contributed by atoms with Crippen molar-refractivity contribution in [1.82, 2.24) is 25.1 Å². The highest BCUT2D eigenvalue weighted by Gasteiger charge is 2.21. The van der Waals surface area contributed by atoms with Crippen LogP contribution in [0.1, 0.15) is 13.8 Å². The van der Waals surface area contributed by atoms with Gasteiger partial charge in [-0.15, -0.1) is 10.2 Å². The second-order valence-corrected chi connectivity index (χ2v) is 5.60. The summed E-state index contributed by atoms with van der Waals surface area (Å²) in [5, 5.41) is 21.3. The minimum Gasteiger partial charge on any atom is -0.480 e. The smallest absolute Gasteiger partial charge is 0.323 e. The number of rotatable bonds is 6. The summed E-state index contributed by atoms with van der Waals surface area (Å²) in [5.74, 6) is -1.09. The summed E-state index contributed by atoms with van der Waals surface area (Å²) in [7, 11) is 0. The van der Waals surface area contributed by atoms with E-state index in [1.54, 1.807) is 38.1 Å². The zero-order chi connectivity index (χ0) is 17.0.